The number of aromatic amines is 1. The summed E-state index contributed by atoms with van der Waals surface area (Å²) in [7, 11) is 0. The summed E-state index contributed by atoms with van der Waals surface area (Å²) in [6, 6.07) is 1.72. The molecule has 8 heteroatoms. The third kappa shape index (κ3) is 3.66. The maximum Gasteiger partial charge on any atom is 0.359 e. The molecule has 3 aromatic rings. The monoisotopic (exact) mass is 385 g/mol. The van der Waals surface area contributed by atoms with Crippen molar-refractivity contribution in [3.05, 3.63) is 33.7 Å². The number of rotatable bonds is 5. The van der Waals surface area contributed by atoms with E-state index in [1.807, 2.05) is 0 Å². The van der Waals surface area contributed by atoms with Crippen molar-refractivity contribution < 1.29 is 9.53 Å². The number of aromatic nitrogens is 4. The van der Waals surface area contributed by atoms with Gasteiger partial charge >= 0.3 is 5.97 Å². The van der Waals surface area contributed by atoms with Gasteiger partial charge in [0.2, 0.25) is 0 Å². The largest absolute Gasteiger partial charge is 0.453 e. The smallest absolute Gasteiger partial charge is 0.359 e. The fourth-order valence-corrected chi connectivity index (χ4v) is 4.83. The molecule has 0 amide bonds. The summed E-state index contributed by atoms with van der Waals surface area (Å²) in [4.78, 5) is 23.4. The van der Waals surface area contributed by atoms with Crippen LogP contribution in [0.4, 0.5) is 5.82 Å². The number of ether oxygens (including phenoxy) is 1. The molecule has 0 aliphatic heterocycles. The molecule has 1 aliphatic rings. The SMILES string of the molecule is CCCc1cc(C(=O)OCc2nc(N)c3c4c(sc3n2)CCCCC4)n[nH]1. The lowest BCUT2D eigenvalue weighted by Crippen LogP contribution is -2.09. The lowest BCUT2D eigenvalue weighted by Gasteiger charge is -2.05. The van der Waals surface area contributed by atoms with E-state index in [2.05, 4.69) is 27.1 Å². The first-order chi connectivity index (χ1) is 13.2. The Morgan fingerprint density at radius 2 is 2.15 bits per heavy atom. The lowest BCUT2D eigenvalue weighted by molar-refractivity contribution is 0.0455. The minimum absolute atomic E-state index is 0.0164. The van der Waals surface area contributed by atoms with Gasteiger partial charge in [0.15, 0.2) is 18.1 Å². The Bertz CT molecular complexity index is 978. The van der Waals surface area contributed by atoms with Crippen molar-refractivity contribution in [1.29, 1.82) is 0 Å². The van der Waals surface area contributed by atoms with Crippen molar-refractivity contribution in [2.45, 2.75) is 58.5 Å². The van der Waals surface area contributed by atoms with Gasteiger partial charge in [-0.2, -0.15) is 5.10 Å². The van der Waals surface area contributed by atoms with Crippen LogP contribution in [0.2, 0.25) is 0 Å². The Balaban J connectivity index is 1.51. The fourth-order valence-electron chi connectivity index (χ4n) is 3.54. The van der Waals surface area contributed by atoms with Crippen LogP contribution in [-0.2, 0) is 30.6 Å². The number of thiophene rings is 1. The summed E-state index contributed by atoms with van der Waals surface area (Å²) < 4.78 is 5.33. The van der Waals surface area contributed by atoms with E-state index in [0.29, 0.717) is 11.6 Å². The van der Waals surface area contributed by atoms with Crippen molar-refractivity contribution in [1.82, 2.24) is 20.2 Å². The van der Waals surface area contributed by atoms with Crippen LogP contribution in [0.1, 0.15) is 65.1 Å². The number of nitrogen functional groups attached to an aromatic ring is 1. The fraction of sp³-hybridized carbons (Fsp3) is 0.474. The van der Waals surface area contributed by atoms with Gasteiger partial charge in [0.05, 0.1) is 5.39 Å². The molecule has 0 fully saturated rings. The number of aryl methyl sites for hydroxylation is 3. The number of nitrogens with zero attached hydrogens (tertiary/aromatic N) is 3. The molecule has 3 heterocycles. The zero-order valence-electron chi connectivity index (χ0n) is 15.4. The van der Waals surface area contributed by atoms with E-state index >= 15 is 0 Å². The molecule has 142 valence electrons. The standard InChI is InChI=1S/C19H23N5O2S/c1-2-6-11-9-13(24-23-11)19(25)26-10-15-21-17(20)16-12-7-4-3-5-8-14(12)27-18(16)22-15/h9H,2-8,10H2,1H3,(H,23,24)(H2,20,21,22). The minimum atomic E-state index is -0.488. The van der Waals surface area contributed by atoms with Crippen molar-refractivity contribution in [3.8, 4) is 0 Å². The highest BCUT2D eigenvalue weighted by atomic mass is 32.1. The number of hydrogen-bond acceptors (Lipinski definition) is 7. The van der Waals surface area contributed by atoms with Crippen LogP contribution in [-0.4, -0.2) is 26.1 Å². The molecule has 0 atom stereocenters. The second-order valence-electron chi connectivity index (χ2n) is 6.87. The van der Waals surface area contributed by atoms with E-state index in [9.17, 15) is 4.79 Å². The number of fused-ring (bicyclic) bond motifs is 3. The second-order valence-corrected chi connectivity index (χ2v) is 7.96. The molecule has 0 bridgehead atoms. The van der Waals surface area contributed by atoms with Gasteiger partial charge in [-0.05, 0) is 43.7 Å². The molecule has 7 nitrogen and oxygen atoms in total. The first-order valence-corrected chi connectivity index (χ1v) is 10.3. The first-order valence-electron chi connectivity index (χ1n) is 9.43. The van der Waals surface area contributed by atoms with Crippen molar-refractivity contribution in [2.75, 3.05) is 5.73 Å². The topological polar surface area (TPSA) is 107 Å². The molecular weight excluding hydrogens is 362 g/mol. The maximum atomic E-state index is 12.2. The molecule has 27 heavy (non-hydrogen) atoms. The van der Waals surface area contributed by atoms with E-state index in [1.54, 1.807) is 17.4 Å². The number of esters is 1. The van der Waals surface area contributed by atoms with E-state index in [-0.39, 0.29) is 12.3 Å². The van der Waals surface area contributed by atoms with Gasteiger partial charge in [0.25, 0.3) is 0 Å². The molecule has 0 unspecified atom stereocenters. The number of carbonyl (C=O) groups excluding carboxylic acids is 1. The van der Waals surface area contributed by atoms with Crippen LogP contribution in [0.15, 0.2) is 6.07 Å². The van der Waals surface area contributed by atoms with Crippen LogP contribution in [0.5, 0.6) is 0 Å². The molecule has 0 spiro atoms. The Labute approximate surface area is 161 Å². The number of carbonyl (C=O) groups is 1. The number of anilines is 1. The predicted molar refractivity (Wildman–Crippen MR) is 105 cm³/mol. The number of H-pyrrole nitrogens is 1. The predicted octanol–water partition coefficient (Wildman–Crippen LogP) is 3.58. The summed E-state index contributed by atoms with van der Waals surface area (Å²) in [5.41, 5.74) is 8.74. The number of nitrogens with two attached hydrogens (primary N) is 1. The Kier molecular flexibility index (Phi) is 5.07. The average Bonchev–Trinajstić information content (AvgIpc) is 3.19. The summed E-state index contributed by atoms with van der Waals surface area (Å²) in [6.07, 6.45) is 7.59. The van der Waals surface area contributed by atoms with Crippen LogP contribution in [0, 0.1) is 0 Å². The third-order valence-electron chi connectivity index (χ3n) is 4.83. The van der Waals surface area contributed by atoms with E-state index in [4.69, 9.17) is 10.5 Å². The quantitative estimate of drug-likeness (QED) is 0.513. The Morgan fingerprint density at radius 1 is 1.30 bits per heavy atom. The van der Waals surface area contributed by atoms with Gasteiger partial charge in [-0.15, -0.1) is 11.3 Å². The molecule has 4 rings (SSSR count). The van der Waals surface area contributed by atoms with Gasteiger partial charge < -0.3 is 10.5 Å². The van der Waals surface area contributed by atoms with Crippen LogP contribution in [0.3, 0.4) is 0 Å². The van der Waals surface area contributed by atoms with Gasteiger partial charge in [-0.1, -0.05) is 19.8 Å². The highest BCUT2D eigenvalue weighted by molar-refractivity contribution is 7.19. The summed E-state index contributed by atoms with van der Waals surface area (Å²) in [5, 5.41) is 7.85. The Morgan fingerprint density at radius 3 is 3.00 bits per heavy atom. The summed E-state index contributed by atoms with van der Waals surface area (Å²) in [5.74, 6) is 0.419. The Hall–Kier alpha value is -2.48. The highest BCUT2D eigenvalue weighted by Gasteiger charge is 2.20. The molecule has 0 radical (unpaired) electrons. The molecule has 0 saturated heterocycles. The second kappa shape index (κ2) is 7.64. The van der Waals surface area contributed by atoms with Gasteiger partial charge in [-0.25, -0.2) is 14.8 Å². The number of nitrogens with one attached hydrogen (secondary N) is 1. The molecule has 1 aliphatic carbocycles. The summed E-state index contributed by atoms with van der Waals surface area (Å²) >= 11 is 1.69. The van der Waals surface area contributed by atoms with Crippen LogP contribution < -0.4 is 5.73 Å². The average molecular weight is 385 g/mol. The normalized spacial score (nSPS) is 14.1. The van der Waals surface area contributed by atoms with Crippen LogP contribution >= 0.6 is 11.3 Å². The van der Waals surface area contributed by atoms with E-state index < -0.39 is 5.97 Å². The number of hydrogen-bond donors (Lipinski definition) is 2. The summed E-state index contributed by atoms with van der Waals surface area (Å²) in [6.45, 7) is 2.05. The van der Waals surface area contributed by atoms with E-state index in [0.717, 1.165) is 41.6 Å². The van der Waals surface area contributed by atoms with Gasteiger partial charge in [0, 0.05) is 10.6 Å². The van der Waals surface area contributed by atoms with Crippen molar-refractivity contribution in [3.63, 3.8) is 0 Å². The first kappa shape index (κ1) is 17.9. The van der Waals surface area contributed by atoms with Crippen molar-refractivity contribution >= 4 is 33.3 Å². The highest BCUT2D eigenvalue weighted by Crippen LogP contribution is 2.37. The molecule has 0 saturated carbocycles. The zero-order valence-corrected chi connectivity index (χ0v) is 16.2. The zero-order chi connectivity index (χ0) is 18.8. The molecular formula is C19H23N5O2S. The van der Waals surface area contributed by atoms with Gasteiger partial charge in [0.1, 0.15) is 10.6 Å². The maximum absolute atomic E-state index is 12.2. The molecule has 3 aromatic heterocycles. The minimum Gasteiger partial charge on any atom is -0.453 e. The molecule has 0 aromatic carbocycles. The lowest BCUT2D eigenvalue weighted by atomic mass is 10.1. The van der Waals surface area contributed by atoms with Gasteiger partial charge in [-0.3, -0.25) is 5.10 Å². The van der Waals surface area contributed by atoms with E-state index in [1.165, 1.54) is 29.7 Å². The third-order valence-corrected chi connectivity index (χ3v) is 6.02. The molecule has 3 N–H and O–H groups in total. The van der Waals surface area contributed by atoms with Crippen LogP contribution in [0.25, 0.3) is 10.2 Å². The van der Waals surface area contributed by atoms with Crippen molar-refractivity contribution in [2.24, 2.45) is 0 Å².